The van der Waals surface area contributed by atoms with Gasteiger partial charge in [-0.2, -0.15) is 0 Å². The molecule has 0 radical (unpaired) electrons. The second kappa shape index (κ2) is 6.39. The van der Waals surface area contributed by atoms with Crippen LogP contribution in [0, 0.1) is 0 Å². The molecule has 0 aliphatic carbocycles. The number of aliphatic hydroxyl groups is 1. The smallest absolute Gasteiger partial charge is 0.236 e. The molecule has 116 valence electrons. The van der Waals surface area contributed by atoms with Crippen molar-refractivity contribution in [2.75, 3.05) is 45.9 Å². The lowest BCUT2D eigenvalue weighted by Gasteiger charge is -2.42. The lowest BCUT2D eigenvalue weighted by atomic mass is 10.1. The lowest BCUT2D eigenvalue weighted by molar-refractivity contribution is -0.159. The third kappa shape index (κ3) is 4.15. The normalized spacial score (nSPS) is 31.3. The first kappa shape index (κ1) is 15.7. The molecule has 0 spiro atoms. The van der Waals surface area contributed by atoms with Crippen molar-refractivity contribution in [3.8, 4) is 0 Å². The van der Waals surface area contributed by atoms with E-state index in [1.807, 2.05) is 25.7 Å². The van der Waals surface area contributed by atoms with Gasteiger partial charge in [-0.25, -0.2) is 0 Å². The van der Waals surface area contributed by atoms with Crippen LogP contribution in [0.3, 0.4) is 0 Å². The highest BCUT2D eigenvalue weighted by Crippen LogP contribution is 2.21. The van der Waals surface area contributed by atoms with Gasteiger partial charge in [0.05, 0.1) is 37.6 Å². The quantitative estimate of drug-likeness (QED) is 0.772. The molecule has 2 rings (SSSR count). The first-order valence-corrected chi connectivity index (χ1v) is 7.30. The Morgan fingerprint density at radius 3 is 2.80 bits per heavy atom. The van der Waals surface area contributed by atoms with Crippen LogP contribution in [0.2, 0.25) is 0 Å². The van der Waals surface area contributed by atoms with Gasteiger partial charge in [0.1, 0.15) is 0 Å². The molecule has 6 heteroatoms. The highest BCUT2D eigenvalue weighted by atomic mass is 16.5. The van der Waals surface area contributed by atoms with Crippen LogP contribution in [0.5, 0.6) is 0 Å². The molecule has 2 atom stereocenters. The summed E-state index contributed by atoms with van der Waals surface area (Å²) in [7, 11) is 0. The van der Waals surface area contributed by atoms with E-state index in [1.165, 1.54) is 0 Å². The van der Waals surface area contributed by atoms with Gasteiger partial charge in [0.15, 0.2) is 0 Å². The average Bonchev–Trinajstić information content (AvgIpc) is 2.36. The topological polar surface area (TPSA) is 62.2 Å². The van der Waals surface area contributed by atoms with Crippen LogP contribution in [-0.4, -0.2) is 84.6 Å². The fourth-order valence-corrected chi connectivity index (χ4v) is 2.97. The SMILES string of the molecule is CC1CN(C(=O)CN2CC(CO)OC(C)(C)C2)CCO1. The average molecular weight is 286 g/mol. The molecule has 2 saturated heterocycles. The van der Waals surface area contributed by atoms with Crippen LogP contribution < -0.4 is 0 Å². The summed E-state index contributed by atoms with van der Waals surface area (Å²) in [5.74, 6) is 0.134. The van der Waals surface area contributed by atoms with E-state index in [9.17, 15) is 9.90 Å². The highest BCUT2D eigenvalue weighted by Gasteiger charge is 2.34. The number of rotatable bonds is 3. The summed E-state index contributed by atoms with van der Waals surface area (Å²) >= 11 is 0. The first-order valence-electron chi connectivity index (χ1n) is 7.30. The van der Waals surface area contributed by atoms with Crippen LogP contribution in [0.25, 0.3) is 0 Å². The number of carbonyl (C=O) groups excluding carboxylic acids is 1. The molecule has 0 aromatic heterocycles. The van der Waals surface area contributed by atoms with Gasteiger partial charge in [0.25, 0.3) is 0 Å². The van der Waals surface area contributed by atoms with E-state index < -0.39 is 0 Å². The van der Waals surface area contributed by atoms with Gasteiger partial charge in [0.2, 0.25) is 5.91 Å². The number of hydrogen-bond donors (Lipinski definition) is 1. The van der Waals surface area contributed by atoms with Crippen molar-refractivity contribution in [3.05, 3.63) is 0 Å². The summed E-state index contributed by atoms with van der Waals surface area (Å²) in [6.45, 7) is 9.59. The summed E-state index contributed by atoms with van der Waals surface area (Å²) in [6, 6.07) is 0. The van der Waals surface area contributed by atoms with Crippen molar-refractivity contribution in [1.82, 2.24) is 9.80 Å². The number of amides is 1. The summed E-state index contributed by atoms with van der Waals surface area (Å²) < 4.78 is 11.2. The van der Waals surface area contributed by atoms with E-state index >= 15 is 0 Å². The Hall–Kier alpha value is -0.690. The second-order valence-electron chi connectivity index (χ2n) is 6.37. The Labute approximate surface area is 120 Å². The maximum absolute atomic E-state index is 12.3. The molecule has 2 heterocycles. The molecule has 0 aromatic carbocycles. The van der Waals surface area contributed by atoms with Gasteiger partial charge >= 0.3 is 0 Å². The van der Waals surface area contributed by atoms with E-state index in [0.717, 1.165) is 0 Å². The van der Waals surface area contributed by atoms with Crippen molar-refractivity contribution >= 4 is 5.91 Å². The molecule has 2 aliphatic heterocycles. The minimum absolute atomic E-state index is 0.0112. The maximum Gasteiger partial charge on any atom is 0.236 e. The number of ether oxygens (including phenoxy) is 2. The monoisotopic (exact) mass is 286 g/mol. The molecule has 1 N–H and O–H groups in total. The Morgan fingerprint density at radius 1 is 1.40 bits per heavy atom. The first-order chi connectivity index (χ1) is 9.39. The van der Waals surface area contributed by atoms with Crippen molar-refractivity contribution in [2.45, 2.75) is 38.6 Å². The second-order valence-corrected chi connectivity index (χ2v) is 6.37. The fourth-order valence-electron chi connectivity index (χ4n) is 2.97. The summed E-state index contributed by atoms with van der Waals surface area (Å²) in [4.78, 5) is 16.3. The summed E-state index contributed by atoms with van der Waals surface area (Å²) in [5.41, 5.74) is -0.329. The molecule has 2 fully saturated rings. The van der Waals surface area contributed by atoms with Crippen LogP contribution in [0.1, 0.15) is 20.8 Å². The van der Waals surface area contributed by atoms with Crippen molar-refractivity contribution in [3.63, 3.8) is 0 Å². The molecular formula is C14H26N2O4. The molecule has 2 unspecified atom stereocenters. The standard InChI is InChI=1S/C14H26N2O4/c1-11-6-16(4-5-19-11)13(18)8-15-7-12(9-17)20-14(2,3)10-15/h11-12,17H,4-10H2,1-3H3. The van der Waals surface area contributed by atoms with Gasteiger partial charge in [0, 0.05) is 26.2 Å². The Kier molecular flexibility index (Phi) is 5.01. The largest absolute Gasteiger partial charge is 0.394 e. The van der Waals surface area contributed by atoms with E-state index in [1.54, 1.807) is 0 Å². The summed E-state index contributed by atoms with van der Waals surface area (Å²) in [6.07, 6.45) is -0.103. The zero-order valence-corrected chi connectivity index (χ0v) is 12.7. The number of morpholine rings is 2. The Morgan fingerprint density at radius 2 is 2.15 bits per heavy atom. The van der Waals surface area contributed by atoms with E-state index in [4.69, 9.17) is 9.47 Å². The predicted molar refractivity (Wildman–Crippen MR) is 74.5 cm³/mol. The van der Waals surface area contributed by atoms with E-state index in [-0.39, 0.29) is 30.3 Å². The van der Waals surface area contributed by atoms with Crippen molar-refractivity contribution in [1.29, 1.82) is 0 Å². The molecule has 0 bridgehead atoms. The Balaban J connectivity index is 1.89. The van der Waals surface area contributed by atoms with Gasteiger partial charge in [-0.05, 0) is 20.8 Å². The molecule has 6 nitrogen and oxygen atoms in total. The van der Waals surface area contributed by atoms with Crippen LogP contribution in [0.15, 0.2) is 0 Å². The zero-order valence-electron chi connectivity index (χ0n) is 12.7. The van der Waals surface area contributed by atoms with Crippen molar-refractivity contribution in [2.24, 2.45) is 0 Å². The summed E-state index contributed by atoms with van der Waals surface area (Å²) in [5, 5.41) is 9.30. The minimum Gasteiger partial charge on any atom is -0.394 e. The number of hydrogen-bond acceptors (Lipinski definition) is 5. The fraction of sp³-hybridized carbons (Fsp3) is 0.929. The molecular weight excluding hydrogens is 260 g/mol. The molecule has 0 saturated carbocycles. The van der Waals surface area contributed by atoms with E-state index in [0.29, 0.717) is 39.3 Å². The van der Waals surface area contributed by atoms with Gasteiger partial charge in [-0.15, -0.1) is 0 Å². The molecule has 20 heavy (non-hydrogen) atoms. The zero-order chi connectivity index (χ0) is 14.8. The molecule has 0 aromatic rings. The van der Waals surface area contributed by atoms with Gasteiger partial charge < -0.3 is 19.5 Å². The van der Waals surface area contributed by atoms with Gasteiger partial charge in [-0.3, -0.25) is 9.69 Å². The number of nitrogens with zero attached hydrogens (tertiary/aromatic N) is 2. The van der Waals surface area contributed by atoms with Crippen LogP contribution >= 0.6 is 0 Å². The van der Waals surface area contributed by atoms with Crippen LogP contribution in [-0.2, 0) is 14.3 Å². The third-order valence-corrected chi connectivity index (χ3v) is 3.71. The third-order valence-electron chi connectivity index (χ3n) is 3.71. The maximum atomic E-state index is 12.3. The van der Waals surface area contributed by atoms with Crippen molar-refractivity contribution < 1.29 is 19.4 Å². The van der Waals surface area contributed by atoms with Crippen LogP contribution in [0.4, 0.5) is 0 Å². The molecule has 2 aliphatic rings. The number of aliphatic hydroxyl groups excluding tert-OH is 1. The number of carbonyl (C=O) groups is 1. The van der Waals surface area contributed by atoms with E-state index in [2.05, 4.69) is 4.90 Å². The predicted octanol–water partition coefficient (Wildman–Crippen LogP) is -0.295. The van der Waals surface area contributed by atoms with Gasteiger partial charge in [-0.1, -0.05) is 0 Å². The Bertz CT molecular complexity index is 348. The minimum atomic E-state index is -0.329. The highest BCUT2D eigenvalue weighted by molar-refractivity contribution is 5.78. The lowest BCUT2D eigenvalue weighted by Crippen LogP contribution is -2.57. The molecule has 1 amide bonds.